The van der Waals surface area contributed by atoms with Crippen molar-refractivity contribution in [2.75, 3.05) is 13.1 Å². The molecule has 1 unspecified atom stereocenters. The van der Waals surface area contributed by atoms with Crippen LogP contribution in [0.4, 0.5) is 0 Å². The maximum atomic E-state index is 12.4. The average Bonchev–Trinajstić information content (AvgIpc) is 2.43. The van der Waals surface area contributed by atoms with E-state index in [1.165, 1.54) is 10.4 Å². The van der Waals surface area contributed by atoms with Crippen LogP contribution >= 0.6 is 23.2 Å². The molecule has 21 heavy (non-hydrogen) atoms. The van der Waals surface area contributed by atoms with E-state index in [0.717, 1.165) is 0 Å². The number of nitrogens with zero attached hydrogens (tertiary/aromatic N) is 1. The van der Waals surface area contributed by atoms with Crippen LogP contribution in [0.15, 0.2) is 18.2 Å². The minimum Gasteiger partial charge on any atom is -0.369 e. The number of hydrogen-bond acceptors (Lipinski definition) is 3. The zero-order chi connectivity index (χ0) is 15.6. The van der Waals surface area contributed by atoms with E-state index in [9.17, 15) is 13.2 Å². The van der Waals surface area contributed by atoms with Crippen LogP contribution in [0.2, 0.25) is 10.0 Å². The molecule has 1 saturated heterocycles. The molecular formula is C13H16Cl2N2O3S. The van der Waals surface area contributed by atoms with Gasteiger partial charge in [-0.25, -0.2) is 12.7 Å². The van der Waals surface area contributed by atoms with Gasteiger partial charge < -0.3 is 5.73 Å². The lowest BCUT2D eigenvalue weighted by molar-refractivity contribution is -0.122. The smallest absolute Gasteiger partial charge is 0.221 e. The van der Waals surface area contributed by atoms with E-state index < -0.39 is 21.8 Å². The summed E-state index contributed by atoms with van der Waals surface area (Å²) in [5.74, 6) is -1.04. The molecule has 116 valence electrons. The van der Waals surface area contributed by atoms with E-state index in [1.54, 1.807) is 12.1 Å². The van der Waals surface area contributed by atoms with Crippen molar-refractivity contribution in [2.24, 2.45) is 11.7 Å². The van der Waals surface area contributed by atoms with E-state index in [2.05, 4.69) is 0 Å². The Balaban J connectivity index is 2.14. The van der Waals surface area contributed by atoms with E-state index in [0.29, 0.717) is 35.0 Å². The fourth-order valence-electron chi connectivity index (χ4n) is 2.36. The second-order valence-electron chi connectivity index (χ2n) is 5.10. The molecule has 2 rings (SSSR count). The Morgan fingerprint density at radius 1 is 1.33 bits per heavy atom. The van der Waals surface area contributed by atoms with Crippen LogP contribution in [0.3, 0.4) is 0 Å². The summed E-state index contributed by atoms with van der Waals surface area (Å²) in [5, 5.41) is 0.697. The minimum absolute atomic E-state index is 0.152. The number of halogens is 2. The van der Waals surface area contributed by atoms with Crippen molar-refractivity contribution < 1.29 is 13.2 Å². The molecular weight excluding hydrogens is 335 g/mol. The molecule has 1 amide bonds. The highest BCUT2D eigenvalue weighted by molar-refractivity contribution is 7.88. The maximum Gasteiger partial charge on any atom is 0.221 e. The van der Waals surface area contributed by atoms with Crippen molar-refractivity contribution >= 4 is 39.1 Å². The van der Waals surface area contributed by atoms with Gasteiger partial charge in [0, 0.05) is 13.1 Å². The van der Waals surface area contributed by atoms with Gasteiger partial charge in [-0.05, 0) is 30.5 Å². The van der Waals surface area contributed by atoms with Gasteiger partial charge in [0.15, 0.2) is 0 Å². The van der Waals surface area contributed by atoms with Gasteiger partial charge in [-0.2, -0.15) is 0 Å². The second kappa shape index (κ2) is 6.52. The number of primary amides is 1. The normalized spacial score (nSPS) is 20.4. The number of nitrogens with two attached hydrogens (primary N) is 1. The van der Waals surface area contributed by atoms with Crippen LogP contribution in [0, 0.1) is 5.92 Å². The number of piperidine rings is 1. The number of sulfonamides is 1. The number of rotatable bonds is 4. The van der Waals surface area contributed by atoms with Gasteiger partial charge in [0.1, 0.15) is 0 Å². The van der Waals surface area contributed by atoms with Crippen LogP contribution in [0.1, 0.15) is 18.4 Å². The second-order valence-corrected chi connectivity index (χ2v) is 7.89. The molecule has 0 spiro atoms. The molecule has 1 aliphatic rings. The molecule has 1 fully saturated rings. The van der Waals surface area contributed by atoms with Crippen molar-refractivity contribution in [3.8, 4) is 0 Å². The Kier molecular flexibility index (Phi) is 5.14. The van der Waals surface area contributed by atoms with Gasteiger partial charge in [-0.3, -0.25) is 4.79 Å². The van der Waals surface area contributed by atoms with Crippen LogP contribution < -0.4 is 5.73 Å². The molecule has 1 aromatic carbocycles. The first-order valence-corrected chi connectivity index (χ1v) is 8.87. The number of carbonyl (C=O) groups is 1. The van der Waals surface area contributed by atoms with Crippen LogP contribution in [0.5, 0.6) is 0 Å². The summed E-state index contributed by atoms with van der Waals surface area (Å²) in [5.41, 5.74) is 5.83. The maximum absolute atomic E-state index is 12.4. The van der Waals surface area contributed by atoms with Crippen molar-refractivity contribution in [3.63, 3.8) is 0 Å². The highest BCUT2D eigenvalue weighted by Crippen LogP contribution is 2.25. The fourth-order valence-corrected chi connectivity index (χ4v) is 4.28. The summed E-state index contributed by atoms with van der Waals surface area (Å²) >= 11 is 11.7. The van der Waals surface area contributed by atoms with Crippen molar-refractivity contribution in [1.82, 2.24) is 4.31 Å². The highest BCUT2D eigenvalue weighted by atomic mass is 35.5. The topological polar surface area (TPSA) is 80.5 Å². The number of amides is 1. The standard InChI is InChI=1S/C13H16Cl2N2O3S/c14-11-4-3-9(6-12(11)15)8-21(19,20)17-5-1-2-10(7-17)13(16)18/h3-4,6,10H,1-2,5,7-8H2,(H2,16,18). The van der Waals surface area contributed by atoms with E-state index in [4.69, 9.17) is 28.9 Å². The molecule has 5 nitrogen and oxygen atoms in total. The van der Waals surface area contributed by atoms with Crippen molar-refractivity contribution in [2.45, 2.75) is 18.6 Å². The van der Waals surface area contributed by atoms with Crippen LogP contribution in [-0.2, 0) is 20.6 Å². The lowest BCUT2D eigenvalue weighted by atomic mass is 9.99. The fraction of sp³-hybridized carbons (Fsp3) is 0.462. The van der Waals surface area contributed by atoms with Gasteiger partial charge in [0.25, 0.3) is 0 Å². The average molecular weight is 351 g/mol. The molecule has 1 atom stereocenters. The first kappa shape index (κ1) is 16.5. The molecule has 0 aliphatic carbocycles. The molecule has 0 radical (unpaired) electrons. The summed E-state index contributed by atoms with van der Waals surface area (Å²) < 4.78 is 26.2. The molecule has 8 heteroatoms. The Morgan fingerprint density at radius 2 is 2.05 bits per heavy atom. The monoisotopic (exact) mass is 350 g/mol. The Bertz CT molecular complexity index is 649. The Hall–Kier alpha value is -0.820. The van der Waals surface area contributed by atoms with Crippen LogP contribution in [0.25, 0.3) is 0 Å². The van der Waals surface area contributed by atoms with Crippen LogP contribution in [-0.4, -0.2) is 31.7 Å². The number of hydrogen-bond donors (Lipinski definition) is 1. The summed E-state index contributed by atoms with van der Waals surface area (Å²) in [6.07, 6.45) is 1.27. The third kappa shape index (κ3) is 4.10. The van der Waals surface area contributed by atoms with Crippen molar-refractivity contribution in [3.05, 3.63) is 33.8 Å². The highest BCUT2D eigenvalue weighted by Gasteiger charge is 2.31. The Morgan fingerprint density at radius 3 is 2.67 bits per heavy atom. The molecule has 0 bridgehead atoms. The van der Waals surface area contributed by atoms with Gasteiger partial charge >= 0.3 is 0 Å². The summed E-state index contributed by atoms with van der Waals surface area (Å²) in [4.78, 5) is 11.2. The Labute approximate surface area is 134 Å². The molecule has 1 heterocycles. The molecule has 0 saturated carbocycles. The minimum atomic E-state index is -3.51. The van der Waals surface area contributed by atoms with E-state index in [1.807, 2.05) is 0 Å². The van der Waals surface area contributed by atoms with E-state index in [-0.39, 0.29) is 12.3 Å². The molecule has 2 N–H and O–H groups in total. The predicted molar refractivity (Wildman–Crippen MR) is 82.6 cm³/mol. The quantitative estimate of drug-likeness (QED) is 0.901. The van der Waals surface area contributed by atoms with Crippen molar-refractivity contribution in [1.29, 1.82) is 0 Å². The lowest BCUT2D eigenvalue weighted by Gasteiger charge is -2.30. The molecule has 0 aromatic heterocycles. The molecule has 1 aliphatic heterocycles. The summed E-state index contributed by atoms with van der Waals surface area (Å²) in [6.45, 7) is 0.562. The SMILES string of the molecule is NC(=O)C1CCCN(S(=O)(=O)Cc2ccc(Cl)c(Cl)c2)C1. The first-order valence-electron chi connectivity index (χ1n) is 6.50. The van der Waals surface area contributed by atoms with Gasteiger partial charge in [-0.15, -0.1) is 0 Å². The van der Waals surface area contributed by atoms with E-state index >= 15 is 0 Å². The number of carbonyl (C=O) groups excluding carboxylic acids is 1. The zero-order valence-electron chi connectivity index (χ0n) is 11.3. The van der Waals surface area contributed by atoms with Gasteiger partial charge in [-0.1, -0.05) is 29.3 Å². The predicted octanol–water partition coefficient (Wildman–Crippen LogP) is 2.02. The summed E-state index contributed by atoms with van der Waals surface area (Å²) in [7, 11) is -3.51. The zero-order valence-corrected chi connectivity index (χ0v) is 13.6. The van der Waals surface area contributed by atoms with Gasteiger partial charge in [0.2, 0.25) is 15.9 Å². The first-order chi connectivity index (χ1) is 9.79. The number of benzene rings is 1. The van der Waals surface area contributed by atoms with Gasteiger partial charge in [0.05, 0.1) is 21.7 Å². The lowest BCUT2D eigenvalue weighted by Crippen LogP contribution is -2.44. The third-order valence-corrected chi connectivity index (χ3v) is 6.07. The summed E-state index contributed by atoms with van der Waals surface area (Å²) in [6, 6.07) is 4.73. The molecule has 1 aromatic rings. The largest absolute Gasteiger partial charge is 0.369 e. The third-order valence-electron chi connectivity index (χ3n) is 3.51.